The molecule has 0 bridgehead atoms. The van der Waals surface area contributed by atoms with E-state index in [4.69, 9.17) is 10.5 Å². The fourth-order valence-corrected chi connectivity index (χ4v) is 2.39. The van der Waals surface area contributed by atoms with Crippen LogP contribution in [0.25, 0.3) is 10.6 Å². The van der Waals surface area contributed by atoms with Crippen LogP contribution in [0.5, 0.6) is 5.88 Å². The second-order valence-corrected chi connectivity index (χ2v) is 5.01. The Labute approximate surface area is 110 Å². The molecule has 0 radical (unpaired) electrons. The fraction of sp³-hybridized carbons (Fsp3) is 0.417. The predicted molar refractivity (Wildman–Crippen MR) is 71.8 cm³/mol. The van der Waals surface area contributed by atoms with E-state index >= 15 is 0 Å². The summed E-state index contributed by atoms with van der Waals surface area (Å²) in [5.74, 6) is 1.26. The molecular formula is C12H16N4OS. The van der Waals surface area contributed by atoms with Crippen LogP contribution in [0.4, 0.5) is 0 Å². The summed E-state index contributed by atoms with van der Waals surface area (Å²) < 4.78 is 5.21. The van der Waals surface area contributed by atoms with Crippen LogP contribution in [-0.4, -0.2) is 28.1 Å². The molecule has 0 saturated heterocycles. The van der Waals surface area contributed by atoms with Crippen LogP contribution in [0, 0.1) is 6.92 Å². The van der Waals surface area contributed by atoms with Crippen LogP contribution in [0.3, 0.4) is 0 Å². The molecule has 2 aromatic rings. The first-order valence-electron chi connectivity index (χ1n) is 5.68. The Morgan fingerprint density at radius 1 is 1.44 bits per heavy atom. The summed E-state index contributed by atoms with van der Waals surface area (Å²) in [7, 11) is 1.60. The number of rotatable bonds is 4. The van der Waals surface area contributed by atoms with Crippen molar-refractivity contribution < 1.29 is 4.74 Å². The predicted octanol–water partition coefficient (Wildman–Crippen LogP) is 1.81. The summed E-state index contributed by atoms with van der Waals surface area (Å²) in [5, 5.41) is 0. The van der Waals surface area contributed by atoms with Crippen molar-refractivity contribution in [1.82, 2.24) is 15.0 Å². The van der Waals surface area contributed by atoms with Gasteiger partial charge in [-0.05, 0) is 13.8 Å². The molecule has 2 N–H and O–H groups in total. The van der Waals surface area contributed by atoms with E-state index in [-0.39, 0.29) is 6.04 Å². The number of methoxy groups -OCH3 is 1. The van der Waals surface area contributed by atoms with Gasteiger partial charge in [-0.25, -0.2) is 9.97 Å². The van der Waals surface area contributed by atoms with E-state index in [1.165, 1.54) is 0 Å². The Morgan fingerprint density at radius 2 is 2.22 bits per heavy atom. The van der Waals surface area contributed by atoms with E-state index in [9.17, 15) is 0 Å². The standard InChI is InChI=1S/C12H16N4OS/c1-7(13)4-10-15-9(5-11(16-10)17-3)12-8(2)14-6-18-12/h5-7H,4,13H2,1-3H3. The van der Waals surface area contributed by atoms with Gasteiger partial charge in [0.2, 0.25) is 5.88 Å². The first-order chi connectivity index (χ1) is 8.60. The zero-order chi connectivity index (χ0) is 13.1. The summed E-state index contributed by atoms with van der Waals surface area (Å²) in [6.07, 6.45) is 0.627. The van der Waals surface area contributed by atoms with Gasteiger partial charge in [0.25, 0.3) is 0 Å². The third-order valence-electron chi connectivity index (χ3n) is 2.44. The molecule has 0 aliphatic carbocycles. The number of hydrogen-bond donors (Lipinski definition) is 1. The SMILES string of the molecule is COc1cc(-c2scnc2C)nc(CC(C)N)n1. The van der Waals surface area contributed by atoms with Crippen molar-refractivity contribution in [1.29, 1.82) is 0 Å². The van der Waals surface area contributed by atoms with Crippen LogP contribution in [-0.2, 0) is 6.42 Å². The van der Waals surface area contributed by atoms with E-state index in [1.54, 1.807) is 18.4 Å². The molecule has 6 heteroatoms. The molecule has 1 atom stereocenters. The average molecular weight is 264 g/mol. The monoisotopic (exact) mass is 264 g/mol. The highest BCUT2D eigenvalue weighted by Gasteiger charge is 2.12. The Morgan fingerprint density at radius 3 is 2.78 bits per heavy atom. The van der Waals surface area contributed by atoms with Crippen molar-refractivity contribution in [3.63, 3.8) is 0 Å². The number of aryl methyl sites for hydroxylation is 1. The molecule has 2 rings (SSSR count). The number of hydrogen-bond acceptors (Lipinski definition) is 6. The molecule has 0 spiro atoms. The highest BCUT2D eigenvalue weighted by atomic mass is 32.1. The number of ether oxygens (including phenoxy) is 1. The third kappa shape index (κ3) is 2.83. The zero-order valence-electron chi connectivity index (χ0n) is 10.7. The van der Waals surface area contributed by atoms with Crippen LogP contribution < -0.4 is 10.5 Å². The smallest absolute Gasteiger partial charge is 0.216 e. The Bertz CT molecular complexity index is 539. The maximum Gasteiger partial charge on any atom is 0.216 e. The third-order valence-corrected chi connectivity index (χ3v) is 3.39. The van der Waals surface area contributed by atoms with Crippen LogP contribution in [0.1, 0.15) is 18.4 Å². The van der Waals surface area contributed by atoms with Gasteiger partial charge in [-0.2, -0.15) is 4.98 Å². The lowest BCUT2D eigenvalue weighted by Gasteiger charge is -2.08. The lowest BCUT2D eigenvalue weighted by Crippen LogP contribution is -2.19. The summed E-state index contributed by atoms with van der Waals surface area (Å²) in [4.78, 5) is 14.1. The maximum absolute atomic E-state index is 5.78. The molecule has 18 heavy (non-hydrogen) atoms. The summed E-state index contributed by atoms with van der Waals surface area (Å²) in [6.45, 7) is 3.89. The van der Waals surface area contributed by atoms with Crippen molar-refractivity contribution in [2.45, 2.75) is 26.3 Å². The highest BCUT2D eigenvalue weighted by molar-refractivity contribution is 7.13. The van der Waals surface area contributed by atoms with Crippen LogP contribution >= 0.6 is 11.3 Å². The number of nitrogens with two attached hydrogens (primary N) is 1. The summed E-state index contributed by atoms with van der Waals surface area (Å²) >= 11 is 1.56. The van der Waals surface area contributed by atoms with E-state index in [1.807, 2.05) is 25.4 Å². The van der Waals surface area contributed by atoms with Gasteiger partial charge in [0.1, 0.15) is 5.82 Å². The molecule has 0 aliphatic rings. The molecule has 1 unspecified atom stereocenters. The minimum absolute atomic E-state index is 0.0208. The van der Waals surface area contributed by atoms with Crippen molar-refractivity contribution in [2.75, 3.05) is 7.11 Å². The molecule has 0 fully saturated rings. The topological polar surface area (TPSA) is 73.9 Å². The van der Waals surface area contributed by atoms with E-state index in [2.05, 4.69) is 15.0 Å². The van der Waals surface area contributed by atoms with Crippen LogP contribution in [0.15, 0.2) is 11.6 Å². The van der Waals surface area contributed by atoms with Gasteiger partial charge in [0.05, 0.1) is 28.9 Å². The first kappa shape index (κ1) is 12.9. The van der Waals surface area contributed by atoms with Gasteiger partial charge < -0.3 is 10.5 Å². The molecule has 0 saturated carbocycles. The molecular weight excluding hydrogens is 248 g/mol. The molecule has 2 aromatic heterocycles. The van der Waals surface area contributed by atoms with Gasteiger partial charge in [-0.3, -0.25) is 0 Å². The van der Waals surface area contributed by atoms with E-state index < -0.39 is 0 Å². The first-order valence-corrected chi connectivity index (χ1v) is 6.56. The average Bonchev–Trinajstić information content (AvgIpc) is 2.74. The summed E-state index contributed by atoms with van der Waals surface area (Å²) in [5.41, 5.74) is 9.40. The summed E-state index contributed by atoms with van der Waals surface area (Å²) in [6, 6.07) is 1.85. The van der Waals surface area contributed by atoms with Crippen LogP contribution in [0.2, 0.25) is 0 Å². The number of thiazole rings is 1. The normalized spacial score (nSPS) is 12.4. The van der Waals surface area contributed by atoms with Crippen molar-refractivity contribution in [2.24, 2.45) is 5.73 Å². The van der Waals surface area contributed by atoms with Gasteiger partial charge in [-0.15, -0.1) is 11.3 Å². The molecule has 0 aliphatic heterocycles. The van der Waals surface area contributed by atoms with Gasteiger partial charge in [0.15, 0.2) is 0 Å². The molecule has 2 heterocycles. The van der Waals surface area contributed by atoms with Gasteiger partial charge in [0, 0.05) is 18.5 Å². The Balaban J connectivity index is 2.44. The van der Waals surface area contributed by atoms with E-state index in [0.717, 1.165) is 16.3 Å². The zero-order valence-corrected chi connectivity index (χ0v) is 11.5. The van der Waals surface area contributed by atoms with Crippen molar-refractivity contribution in [3.05, 3.63) is 23.1 Å². The van der Waals surface area contributed by atoms with Crippen molar-refractivity contribution >= 4 is 11.3 Å². The van der Waals surface area contributed by atoms with Crippen molar-refractivity contribution in [3.8, 4) is 16.5 Å². The number of aromatic nitrogens is 3. The Kier molecular flexibility index (Phi) is 3.88. The second-order valence-electron chi connectivity index (χ2n) is 4.16. The minimum atomic E-state index is 0.0208. The molecule has 96 valence electrons. The molecule has 0 aromatic carbocycles. The molecule has 5 nitrogen and oxygen atoms in total. The lowest BCUT2D eigenvalue weighted by molar-refractivity contribution is 0.394. The van der Waals surface area contributed by atoms with E-state index in [0.29, 0.717) is 18.1 Å². The largest absolute Gasteiger partial charge is 0.481 e. The minimum Gasteiger partial charge on any atom is -0.481 e. The number of nitrogens with zero attached hydrogens (tertiary/aromatic N) is 3. The van der Waals surface area contributed by atoms with Gasteiger partial charge in [-0.1, -0.05) is 0 Å². The Hall–Kier alpha value is -1.53. The second kappa shape index (κ2) is 5.41. The quantitative estimate of drug-likeness (QED) is 0.911. The molecule has 0 amide bonds. The highest BCUT2D eigenvalue weighted by Crippen LogP contribution is 2.27. The maximum atomic E-state index is 5.78. The lowest BCUT2D eigenvalue weighted by atomic mass is 10.2. The fourth-order valence-electron chi connectivity index (χ4n) is 1.62. The van der Waals surface area contributed by atoms with Gasteiger partial charge >= 0.3 is 0 Å².